The molecule has 0 aromatic heterocycles. The van der Waals surface area contributed by atoms with Gasteiger partial charge < -0.3 is 15.0 Å². The standard InChI is InChI=1S/C16H30N2O3/c1-5-7-13-16(20)18(8-10-21-9-6-2)14(11-12(3)4)15(19)17-13/h12-14H,5-11H2,1-4H3,(H,17,19). The van der Waals surface area contributed by atoms with E-state index in [9.17, 15) is 9.59 Å². The lowest BCUT2D eigenvalue weighted by molar-refractivity contribution is -0.151. The van der Waals surface area contributed by atoms with Crippen molar-refractivity contribution in [3.8, 4) is 0 Å². The maximum absolute atomic E-state index is 12.6. The predicted octanol–water partition coefficient (Wildman–Crippen LogP) is 1.95. The van der Waals surface area contributed by atoms with Crippen LogP contribution < -0.4 is 5.32 Å². The molecule has 2 amide bonds. The van der Waals surface area contributed by atoms with Crippen molar-refractivity contribution in [2.24, 2.45) is 5.92 Å². The van der Waals surface area contributed by atoms with Gasteiger partial charge in [-0.25, -0.2) is 0 Å². The van der Waals surface area contributed by atoms with Gasteiger partial charge in [0, 0.05) is 13.2 Å². The molecular weight excluding hydrogens is 268 g/mol. The average molecular weight is 298 g/mol. The second kappa shape index (κ2) is 9.03. The molecule has 2 unspecified atom stereocenters. The molecule has 1 N–H and O–H groups in total. The molecule has 1 aliphatic heterocycles. The summed E-state index contributed by atoms with van der Waals surface area (Å²) in [6.07, 6.45) is 3.24. The van der Waals surface area contributed by atoms with Gasteiger partial charge in [-0.1, -0.05) is 34.1 Å². The summed E-state index contributed by atoms with van der Waals surface area (Å²) in [7, 11) is 0. The van der Waals surface area contributed by atoms with Crippen LogP contribution in [0.4, 0.5) is 0 Å². The van der Waals surface area contributed by atoms with E-state index in [4.69, 9.17) is 4.74 Å². The van der Waals surface area contributed by atoms with Crippen molar-refractivity contribution in [3.05, 3.63) is 0 Å². The Kier molecular flexibility index (Phi) is 7.72. The molecular formula is C16H30N2O3. The number of hydrogen-bond acceptors (Lipinski definition) is 3. The van der Waals surface area contributed by atoms with E-state index in [0.717, 1.165) is 12.8 Å². The highest BCUT2D eigenvalue weighted by Gasteiger charge is 2.39. The molecule has 0 bridgehead atoms. The van der Waals surface area contributed by atoms with E-state index in [1.165, 1.54) is 0 Å². The molecule has 1 aliphatic rings. The Morgan fingerprint density at radius 2 is 1.90 bits per heavy atom. The zero-order valence-electron chi connectivity index (χ0n) is 13.9. The summed E-state index contributed by atoms with van der Waals surface area (Å²) in [5.41, 5.74) is 0. The molecule has 2 atom stereocenters. The molecule has 5 nitrogen and oxygen atoms in total. The van der Waals surface area contributed by atoms with Gasteiger partial charge in [-0.2, -0.15) is 0 Å². The molecule has 1 rings (SSSR count). The van der Waals surface area contributed by atoms with E-state index in [2.05, 4.69) is 26.1 Å². The predicted molar refractivity (Wildman–Crippen MR) is 82.9 cm³/mol. The first-order valence-electron chi connectivity index (χ1n) is 8.19. The molecule has 0 aliphatic carbocycles. The van der Waals surface area contributed by atoms with Gasteiger partial charge in [0.1, 0.15) is 12.1 Å². The number of carbonyl (C=O) groups is 2. The topological polar surface area (TPSA) is 58.6 Å². The quantitative estimate of drug-likeness (QED) is 0.662. The summed E-state index contributed by atoms with van der Waals surface area (Å²) >= 11 is 0. The summed E-state index contributed by atoms with van der Waals surface area (Å²) in [6, 6.07) is -0.715. The molecule has 0 radical (unpaired) electrons. The fraction of sp³-hybridized carbons (Fsp3) is 0.875. The van der Waals surface area contributed by atoms with Gasteiger partial charge in [-0.05, 0) is 25.2 Å². The van der Waals surface area contributed by atoms with E-state index in [1.807, 2.05) is 6.92 Å². The minimum atomic E-state index is -0.364. The van der Waals surface area contributed by atoms with E-state index in [1.54, 1.807) is 4.90 Å². The minimum absolute atomic E-state index is 0.0164. The van der Waals surface area contributed by atoms with Crippen LogP contribution in [0.25, 0.3) is 0 Å². The maximum Gasteiger partial charge on any atom is 0.245 e. The highest BCUT2D eigenvalue weighted by atomic mass is 16.5. The third-order valence-electron chi connectivity index (χ3n) is 3.67. The molecule has 1 heterocycles. The van der Waals surface area contributed by atoms with E-state index < -0.39 is 0 Å². The number of ether oxygens (including phenoxy) is 1. The smallest absolute Gasteiger partial charge is 0.245 e. The Bertz CT molecular complexity index is 344. The Labute approximate surface area is 128 Å². The molecule has 5 heteroatoms. The Balaban J connectivity index is 2.74. The lowest BCUT2D eigenvalue weighted by Crippen LogP contribution is -2.64. The number of carbonyl (C=O) groups excluding carboxylic acids is 2. The number of nitrogens with zero attached hydrogens (tertiary/aromatic N) is 1. The van der Waals surface area contributed by atoms with Gasteiger partial charge in [0.15, 0.2) is 0 Å². The molecule has 0 spiro atoms. The highest BCUT2D eigenvalue weighted by Crippen LogP contribution is 2.19. The van der Waals surface area contributed by atoms with Crippen LogP contribution in [-0.2, 0) is 14.3 Å². The number of rotatable bonds is 9. The van der Waals surface area contributed by atoms with Gasteiger partial charge in [-0.15, -0.1) is 0 Å². The van der Waals surface area contributed by atoms with Crippen LogP contribution in [0, 0.1) is 5.92 Å². The van der Waals surface area contributed by atoms with Crippen LogP contribution in [0.2, 0.25) is 0 Å². The van der Waals surface area contributed by atoms with Crippen LogP contribution in [0.3, 0.4) is 0 Å². The van der Waals surface area contributed by atoms with Crippen molar-refractivity contribution in [2.45, 2.75) is 65.5 Å². The Morgan fingerprint density at radius 1 is 1.19 bits per heavy atom. The number of nitrogens with one attached hydrogen (secondary N) is 1. The average Bonchev–Trinajstić information content (AvgIpc) is 2.43. The summed E-state index contributed by atoms with van der Waals surface area (Å²) in [5, 5.41) is 2.88. The zero-order chi connectivity index (χ0) is 15.8. The monoisotopic (exact) mass is 298 g/mol. The Hall–Kier alpha value is -1.10. The normalized spacial score (nSPS) is 22.8. The first kappa shape index (κ1) is 18.0. The van der Waals surface area contributed by atoms with Crippen LogP contribution in [0.1, 0.15) is 53.4 Å². The second-order valence-electron chi connectivity index (χ2n) is 6.14. The molecule has 0 saturated carbocycles. The second-order valence-corrected chi connectivity index (χ2v) is 6.14. The summed E-state index contributed by atoms with van der Waals surface area (Å²) in [4.78, 5) is 26.6. The van der Waals surface area contributed by atoms with Crippen LogP contribution in [0.5, 0.6) is 0 Å². The lowest BCUT2D eigenvalue weighted by atomic mass is 9.96. The van der Waals surface area contributed by atoms with Crippen molar-refractivity contribution >= 4 is 11.8 Å². The minimum Gasteiger partial charge on any atom is -0.380 e. The lowest BCUT2D eigenvalue weighted by Gasteiger charge is -2.39. The zero-order valence-corrected chi connectivity index (χ0v) is 13.9. The highest BCUT2D eigenvalue weighted by molar-refractivity contribution is 5.96. The third kappa shape index (κ3) is 5.30. The number of amides is 2. The van der Waals surface area contributed by atoms with Gasteiger partial charge in [0.25, 0.3) is 0 Å². The van der Waals surface area contributed by atoms with Gasteiger partial charge in [0.05, 0.1) is 6.61 Å². The molecule has 21 heavy (non-hydrogen) atoms. The van der Waals surface area contributed by atoms with Crippen molar-refractivity contribution in [1.29, 1.82) is 0 Å². The van der Waals surface area contributed by atoms with Gasteiger partial charge in [-0.3, -0.25) is 9.59 Å². The Morgan fingerprint density at radius 3 is 2.48 bits per heavy atom. The first-order chi connectivity index (χ1) is 10.0. The molecule has 0 aromatic rings. The SMILES string of the molecule is CCCOCCN1C(=O)C(CCC)NC(=O)C1CC(C)C. The maximum atomic E-state index is 12.6. The van der Waals surface area contributed by atoms with E-state index in [-0.39, 0.29) is 23.9 Å². The van der Waals surface area contributed by atoms with Gasteiger partial charge >= 0.3 is 0 Å². The summed E-state index contributed by atoms with van der Waals surface area (Å²) < 4.78 is 5.49. The van der Waals surface area contributed by atoms with Crippen molar-refractivity contribution in [3.63, 3.8) is 0 Å². The van der Waals surface area contributed by atoms with E-state index >= 15 is 0 Å². The fourth-order valence-corrected chi connectivity index (χ4v) is 2.67. The summed E-state index contributed by atoms with van der Waals surface area (Å²) in [5.74, 6) is 0.398. The number of hydrogen-bond donors (Lipinski definition) is 1. The molecule has 1 fully saturated rings. The molecule has 0 aromatic carbocycles. The molecule has 122 valence electrons. The van der Waals surface area contributed by atoms with Crippen LogP contribution in [0.15, 0.2) is 0 Å². The summed E-state index contributed by atoms with van der Waals surface area (Å²) in [6.45, 7) is 9.92. The van der Waals surface area contributed by atoms with E-state index in [0.29, 0.717) is 38.5 Å². The van der Waals surface area contributed by atoms with Crippen molar-refractivity contribution in [1.82, 2.24) is 10.2 Å². The van der Waals surface area contributed by atoms with Crippen LogP contribution in [-0.4, -0.2) is 48.6 Å². The van der Waals surface area contributed by atoms with Gasteiger partial charge in [0.2, 0.25) is 11.8 Å². The van der Waals surface area contributed by atoms with Crippen molar-refractivity contribution in [2.75, 3.05) is 19.8 Å². The third-order valence-corrected chi connectivity index (χ3v) is 3.67. The van der Waals surface area contributed by atoms with Crippen LogP contribution >= 0.6 is 0 Å². The number of piperazine rings is 1. The first-order valence-corrected chi connectivity index (χ1v) is 8.19. The fourth-order valence-electron chi connectivity index (χ4n) is 2.67. The largest absolute Gasteiger partial charge is 0.380 e. The van der Waals surface area contributed by atoms with Crippen molar-refractivity contribution < 1.29 is 14.3 Å². The molecule has 1 saturated heterocycles.